The van der Waals surface area contributed by atoms with E-state index in [2.05, 4.69) is 24.4 Å². The molecule has 0 bridgehead atoms. The smallest absolute Gasteiger partial charge is 0.222 e. The highest BCUT2D eigenvalue weighted by molar-refractivity contribution is 7.12. The molecule has 0 unspecified atom stereocenters. The van der Waals surface area contributed by atoms with Crippen molar-refractivity contribution >= 4 is 17.2 Å². The third kappa shape index (κ3) is 4.22. The number of aliphatic hydroxyl groups is 1. The quantitative estimate of drug-likeness (QED) is 0.843. The van der Waals surface area contributed by atoms with E-state index < -0.39 is 5.60 Å². The molecule has 0 saturated heterocycles. The molecular weight excluding hydrogens is 320 g/mol. The van der Waals surface area contributed by atoms with E-state index in [4.69, 9.17) is 4.98 Å². The van der Waals surface area contributed by atoms with Crippen LogP contribution in [0.5, 0.6) is 0 Å². The largest absolute Gasteiger partial charge is 0.389 e. The molecule has 128 valence electrons. The first kappa shape index (κ1) is 17.1. The summed E-state index contributed by atoms with van der Waals surface area (Å²) in [5.41, 5.74) is 1.38. The van der Waals surface area contributed by atoms with E-state index in [1.165, 1.54) is 4.88 Å². The number of thiazole rings is 1. The fourth-order valence-electron chi connectivity index (χ4n) is 3.30. The molecule has 0 atom stereocenters. The number of carbonyl (C=O) groups is 1. The van der Waals surface area contributed by atoms with Gasteiger partial charge < -0.3 is 10.4 Å². The van der Waals surface area contributed by atoms with Crippen LogP contribution in [0.25, 0.3) is 11.3 Å². The van der Waals surface area contributed by atoms with Crippen LogP contribution in [0, 0.1) is 6.92 Å². The van der Waals surface area contributed by atoms with E-state index >= 15 is 0 Å². The minimum atomic E-state index is -0.775. The van der Waals surface area contributed by atoms with Crippen LogP contribution in [0.1, 0.15) is 42.0 Å². The zero-order chi connectivity index (χ0) is 17.0. The molecule has 1 fully saturated rings. The summed E-state index contributed by atoms with van der Waals surface area (Å²) in [5, 5.41) is 14.2. The molecule has 5 heteroatoms. The third-order valence-corrected chi connectivity index (χ3v) is 5.60. The van der Waals surface area contributed by atoms with E-state index in [1.807, 2.05) is 18.2 Å². The Morgan fingerprint density at radius 3 is 2.71 bits per heavy atom. The molecule has 1 aliphatic carbocycles. The zero-order valence-electron chi connectivity index (χ0n) is 14.0. The van der Waals surface area contributed by atoms with Crippen molar-refractivity contribution in [2.24, 2.45) is 0 Å². The van der Waals surface area contributed by atoms with Gasteiger partial charge in [-0.2, -0.15) is 0 Å². The topological polar surface area (TPSA) is 62.2 Å². The fourth-order valence-corrected chi connectivity index (χ4v) is 4.26. The van der Waals surface area contributed by atoms with Crippen LogP contribution in [0.4, 0.5) is 0 Å². The first-order chi connectivity index (χ1) is 11.6. The van der Waals surface area contributed by atoms with Crippen molar-refractivity contribution in [2.75, 3.05) is 6.54 Å². The summed E-state index contributed by atoms with van der Waals surface area (Å²) in [4.78, 5) is 17.9. The summed E-state index contributed by atoms with van der Waals surface area (Å²) < 4.78 is 0. The van der Waals surface area contributed by atoms with Crippen LogP contribution in [-0.2, 0) is 11.2 Å². The Morgan fingerprint density at radius 2 is 2.00 bits per heavy atom. The Hall–Kier alpha value is -1.72. The van der Waals surface area contributed by atoms with Crippen molar-refractivity contribution in [2.45, 2.75) is 51.0 Å². The predicted octanol–water partition coefficient (Wildman–Crippen LogP) is 3.47. The summed E-state index contributed by atoms with van der Waals surface area (Å²) >= 11 is 1.68. The molecule has 1 aromatic heterocycles. The lowest BCUT2D eigenvalue weighted by atomic mass is 9.98. The van der Waals surface area contributed by atoms with E-state index in [-0.39, 0.29) is 12.3 Å². The number of amides is 1. The highest BCUT2D eigenvalue weighted by Gasteiger charge is 2.33. The Balaban J connectivity index is 1.51. The molecule has 0 aliphatic heterocycles. The van der Waals surface area contributed by atoms with Crippen molar-refractivity contribution in [3.8, 4) is 11.3 Å². The second-order valence-corrected chi connectivity index (χ2v) is 7.87. The lowest BCUT2D eigenvalue weighted by Crippen LogP contribution is -2.35. The van der Waals surface area contributed by atoms with Gasteiger partial charge in [-0.15, -0.1) is 11.3 Å². The Morgan fingerprint density at radius 1 is 1.29 bits per heavy atom. The van der Waals surface area contributed by atoms with Crippen molar-refractivity contribution in [3.05, 3.63) is 40.2 Å². The van der Waals surface area contributed by atoms with Crippen LogP contribution in [-0.4, -0.2) is 28.1 Å². The molecule has 3 rings (SSSR count). The van der Waals surface area contributed by atoms with Crippen LogP contribution in [0.15, 0.2) is 30.3 Å². The summed E-state index contributed by atoms with van der Waals surface area (Å²) in [6, 6.07) is 10.2. The summed E-state index contributed by atoms with van der Waals surface area (Å²) in [5.74, 6) is -0.0593. The predicted molar refractivity (Wildman–Crippen MR) is 97.0 cm³/mol. The van der Waals surface area contributed by atoms with Crippen molar-refractivity contribution < 1.29 is 9.90 Å². The number of nitrogens with one attached hydrogen (secondary N) is 1. The summed E-state index contributed by atoms with van der Waals surface area (Å²) in [7, 11) is 0. The monoisotopic (exact) mass is 344 g/mol. The fraction of sp³-hybridized carbons (Fsp3) is 0.474. The molecule has 4 nitrogen and oxygen atoms in total. The molecule has 0 radical (unpaired) electrons. The molecule has 2 N–H and O–H groups in total. The summed E-state index contributed by atoms with van der Waals surface area (Å²) in [6.07, 6.45) is 4.47. The average Bonchev–Trinajstić information content (AvgIpc) is 3.14. The van der Waals surface area contributed by atoms with Gasteiger partial charge in [0.2, 0.25) is 5.91 Å². The highest BCUT2D eigenvalue weighted by Crippen LogP contribution is 2.32. The summed E-state index contributed by atoms with van der Waals surface area (Å²) in [6.45, 7) is 2.65. The minimum absolute atomic E-state index is 0.0593. The Labute approximate surface area is 146 Å². The first-order valence-corrected chi connectivity index (χ1v) is 9.38. The maximum Gasteiger partial charge on any atom is 0.222 e. The van der Waals surface area contributed by atoms with Crippen molar-refractivity contribution in [3.63, 3.8) is 0 Å². The molecule has 1 aromatic carbocycles. The Kier molecular flexibility index (Phi) is 5.31. The molecule has 1 heterocycles. The molecular formula is C19H24N2O2S. The number of rotatable bonds is 6. The third-order valence-electron chi connectivity index (χ3n) is 4.57. The number of nitrogens with zero attached hydrogens (tertiary/aromatic N) is 1. The molecule has 0 spiro atoms. The number of hydrogen-bond acceptors (Lipinski definition) is 4. The van der Waals surface area contributed by atoms with Gasteiger partial charge in [0.05, 0.1) is 22.7 Å². The number of aryl methyl sites for hydroxylation is 1. The average molecular weight is 344 g/mol. The number of carbonyl (C=O) groups excluding carboxylic acids is 1. The van der Waals surface area contributed by atoms with E-state index in [9.17, 15) is 9.90 Å². The molecule has 2 aromatic rings. The molecule has 24 heavy (non-hydrogen) atoms. The normalized spacial score (nSPS) is 16.2. The zero-order valence-corrected chi connectivity index (χ0v) is 14.9. The van der Waals surface area contributed by atoms with Gasteiger partial charge in [0.1, 0.15) is 0 Å². The van der Waals surface area contributed by atoms with Gasteiger partial charge in [0.15, 0.2) is 0 Å². The Bertz CT molecular complexity index is 691. The number of hydrogen-bond donors (Lipinski definition) is 2. The van der Waals surface area contributed by atoms with Crippen molar-refractivity contribution in [1.82, 2.24) is 10.3 Å². The highest BCUT2D eigenvalue weighted by atomic mass is 32.1. The standard InChI is InChI=1S/C19H24N2O2S/c1-14-18(15-7-3-2-4-8-15)21-17(24-14)9-12-20-16(22)13-19(23)10-5-6-11-19/h2-4,7-8,23H,5-6,9-13H2,1H3,(H,20,22). The van der Waals surface area contributed by atoms with Gasteiger partial charge in [-0.3, -0.25) is 4.79 Å². The number of aromatic nitrogens is 1. The number of benzene rings is 1. The van der Waals surface area contributed by atoms with Crippen molar-refractivity contribution in [1.29, 1.82) is 0 Å². The van der Waals surface area contributed by atoms with Gasteiger partial charge >= 0.3 is 0 Å². The first-order valence-electron chi connectivity index (χ1n) is 8.57. The second-order valence-electron chi connectivity index (χ2n) is 6.59. The van der Waals surface area contributed by atoms with E-state index in [0.29, 0.717) is 6.54 Å². The van der Waals surface area contributed by atoms with Crippen LogP contribution in [0.3, 0.4) is 0 Å². The molecule has 1 saturated carbocycles. The minimum Gasteiger partial charge on any atom is -0.389 e. The van der Waals surface area contributed by atoms with Gasteiger partial charge in [0, 0.05) is 23.4 Å². The van der Waals surface area contributed by atoms with Gasteiger partial charge in [-0.25, -0.2) is 4.98 Å². The van der Waals surface area contributed by atoms with E-state index in [0.717, 1.165) is 48.4 Å². The van der Waals surface area contributed by atoms with Gasteiger partial charge in [0.25, 0.3) is 0 Å². The van der Waals surface area contributed by atoms with Crippen LogP contribution < -0.4 is 5.32 Å². The van der Waals surface area contributed by atoms with Gasteiger partial charge in [-0.05, 0) is 19.8 Å². The lowest BCUT2D eigenvalue weighted by Gasteiger charge is -2.20. The second kappa shape index (κ2) is 7.45. The van der Waals surface area contributed by atoms with Gasteiger partial charge in [-0.1, -0.05) is 43.2 Å². The van der Waals surface area contributed by atoms with Crippen LogP contribution in [0.2, 0.25) is 0 Å². The van der Waals surface area contributed by atoms with Crippen LogP contribution >= 0.6 is 11.3 Å². The molecule has 1 amide bonds. The van der Waals surface area contributed by atoms with E-state index in [1.54, 1.807) is 11.3 Å². The maximum absolute atomic E-state index is 12.0. The SMILES string of the molecule is Cc1sc(CCNC(=O)CC2(O)CCCC2)nc1-c1ccccc1. The maximum atomic E-state index is 12.0. The lowest BCUT2D eigenvalue weighted by molar-refractivity contribution is -0.125. The molecule has 1 aliphatic rings.